The average molecular weight is 765 g/mol. The molecule has 18 N–H and O–H groups in total. The lowest BCUT2D eigenvalue weighted by Crippen LogP contribution is -2.18. The van der Waals surface area contributed by atoms with E-state index in [1.165, 1.54) is 4.34 Å². The standard InChI is InChI=1S/C7H7N2OP.C7H6N2O.C6H9N2P.C6H8N2.2CH4N2O.6CH4/c10-7-8-5-3-1-2-4-6(5)9(7)11;10-7-8-5-3-1-2-4-6(5)9-7;7-5-3-1-2-4-6(5)8-9;7-5-3-1-2-4-6(5)8;2*2-1(3)4;;;;;;/h1-4H,11H2,(H,8,10);1-4H,(H2,8,9,10);1-4,8H,7,9H2;1-4H,7-8H2;2*(H4,2,3,4);6*1H4. The summed E-state index contributed by atoms with van der Waals surface area (Å²) in [7, 11) is 4.76. The summed E-state index contributed by atoms with van der Waals surface area (Å²) in [5.74, 6) is 0. The van der Waals surface area contributed by atoms with Gasteiger partial charge in [0.25, 0.3) is 0 Å². The predicted molar refractivity (Wildman–Crippen MR) is 234 cm³/mol. The molecular formula is C34H62N12O4P2. The first-order valence-electron chi connectivity index (χ1n) is 12.9. The van der Waals surface area contributed by atoms with E-state index in [9.17, 15) is 9.59 Å². The lowest BCUT2D eigenvalue weighted by Gasteiger charge is -2.00. The second-order valence-corrected chi connectivity index (χ2v) is 9.41. The van der Waals surface area contributed by atoms with Crippen molar-refractivity contribution in [1.82, 2.24) is 19.3 Å². The first-order chi connectivity index (χ1) is 21.8. The van der Waals surface area contributed by atoms with Crippen LogP contribution in [0.3, 0.4) is 0 Å². The van der Waals surface area contributed by atoms with Crippen LogP contribution in [0.25, 0.3) is 22.1 Å². The molecule has 18 heteroatoms. The number of aromatic amines is 3. The van der Waals surface area contributed by atoms with Gasteiger partial charge in [-0.05, 0) is 67.3 Å². The van der Waals surface area contributed by atoms with Crippen LogP contribution < -0.4 is 56.6 Å². The first kappa shape index (κ1) is 58.2. The molecule has 0 saturated carbocycles. The molecule has 0 spiro atoms. The number of fused-ring (bicyclic) bond motifs is 2. The van der Waals surface area contributed by atoms with E-state index in [1.54, 1.807) is 12.1 Å². The number of imidazole rings is 2. The molecule has 0 radical (unpaired) electrons. The molecule has 4 aromatic carbocycles. The Morgan fingerprint density at radius 1 is 0.538 bits per heavy atom. The Morgan fingerprint density at radius 3 is 1.19 bits per heavy atom. The number of rotatable bonds is 1. The van der Waals surface area contributed by atoms with Crippen molar-refractivity contribution in [3.05, 3.63) is 118 Å². The summed E-state index contributed by atoms with van der Waals surface area (Å²) >= 11 is 0. The van der Waals surface area contributed by atoms with Gasteiger partial charge in [0.15, 0.2) is 0 Å². The number of nitrogens with zero attached hydrogens (tertiary/aromatic N) is 1. The predicted octanol–water partition coefficient (Wildman–Crippen LogP) is 6.01. The third-order valence-corrected chi connectivity index (χ3v) is 5.98. The fourth-order valence-electron chi connectivity index (χ4n) is 3.19. The minimum Gasteiger partial charge on any atom is -0.397 e. The van der Waals surface area contributed by atoms with E-state index in [4.69, 9.17) is 26.8 Å². The molecule has 0 fully saturated rings. The zero-order chi connectivity index (χ0) is 34.6. The summed E-state index contributed by atoms with van der Waals surface area (Å²) in [6.07, 6.45) is 0. The van der Waals surface area contributed by atoms with Crippen LogP contribution in [0.1, 0.15) is 44.6 Å². The second-order valence-electron chi connectivity index (χ2n) is 8.61. The Labute approximate surface area is 311 Å². The maximum absolute atomic E-state index is 11.0. The van der Waals surface area contributed by atoms with Gasteiger partial charge in [-0.3, -0.25) is 4.34 Å². The van der Waals surface area contributed by atoms with Crippen LogP contribution in [0, 0.1) is 0 Å². The Bertz CT molecular complexity index is 1860. The van der Waals surface area contributed by atoms with Gasteiger partial charge in [0, 0.05) is 0 Å². The van der Waals surface area contributed by atoms with Crippen LogP contribution in [0.5, 0.6) is 0 Å². The molecule has 52 heavy (non-hydrogen) atoms. The highest BCUT2D eigenvalue weighted by Crippen LogP contribution is 2.17. The minimum absolute atomic E-state index is 0. The fourth-order valence-corrected chi connectivity index (χ4v) is 3.74. The molecule has 6 rings (SSSR count). The molecule has 0 aliphatic heterocycles. The number of amides is 4. The molecule has 6 aromatic rings. The summed E-state index contributed by atoms with van der Waals surface area (Å²) in [5.41, 5.74) is 39.6. The summed E-state index contributed by atoms with van der Waals surface area (Å²) in [6, 6.07) is 28.2. The normalized spacial score (nSPS) is 8.12. The molecule has 4 amide bonds. The minimum atomic E-state index is -0.833. The molecule has 2 heterocycles. The monoisotopic (exact) mass is 764 g/mol. The molecule has 2 unspecified atom stereocenters. The number of primary amides is 4. The molecule has 0 aliphatic rings. The highest BCUT2D eigenvalue weighted by Gasteiger charge is 1.99. The Kier molecular flexibility index (Phi) is 34.8. The summed E-state index contributed by atoms with van der Waals surface area (Å²) in [4.78, 5) is 47.7. The average Bonchev–Trinajstić information content (AvgIpc) is 3.53. The summed E-state index contributed by atoms with van der Waals surface area (Å²) < 4.78 is 1.51. The van der Waals surface area contributed by atoms with Crippen molar-refractivity contribution >= 4 is 75.7 Å². The van der Waals surface area contributed by atoms with Gasteiger partial charge in [0.05, 0.1) is 44.8 Å². The molecular weight excluding hydrogens is 702 g/mol. The van der Waals surface area contributed by atoms with E-state index in [0.29, 0.717) is 11.4 Å². The van der Waals surface area contributed by atoms with Crippen LogP contribution in [-0.2, 0) is 0 Å². The van der Waals surface area contributed by atoms with Crippen molar-refractivity contribution in [3.63, 3.8) is 0 Å². The zero-order valence-electron chi connectivity index (χ0n) is 24.5. The third kappa shape index (κ3) is 22.6. The number of anilines is 4. The van der Waals surface area contributed by atoms with Gasteiger partial charge in [-0.15, -0.1) is 0 Å². The van der Waals surface area contributed by atoms with Crippen LogP contribution in [0.2, 0.25) is 0 Å². The number of benzene rings is 4. The van der Waals surface area contributed by atoms with E-state index in [0.717, 1.165) is 33.4 Å². The lowest BCUT2D eigenvalue weighted by molar-refractivity contribution is 0.255. The van der Waals surface area contributed by atoms with Crippen molar-refractivity contribution in [2.24, 2.45) is 22.9 Å². The van der Waals surface area contributed by atoms with E-state index in [1.807, 2.05) is 84.9 Å². The molecule has 2 atom stereocenters. The lowest BCUT2D eigenvalue weighted by atomic mass is 10.3. The second kappa shape index (κ2) is 31.0. The van der Waals surface area contributed by atoms with Gasteiger partial charge in [0.2, 0.25) is 0 Å². The Hall–Kier alpha value is -5.98. The smallest absolute Gasteiger partial charge is 0.329 e. The van der Waals surface area contributed by atoms with Gasteiger partial charge in [-0.25, -0.2) is 19.2 Å². The Balaban J connectivity index is -0.000000123. The first-order valence-corrected chi connectivity index (χ1v) is 14.0. The van der Waals surface area contributed by atoms with Gasteiger partial charge in [-0.1, -0.05) is 93.1 Å². The summed E-state index contributed by atoms with van der Waals surface area (Å²) in [6.45, 7) is 0. The topological polar surface area (TPSA) is 315 Å². The van der Waals surface area contributed by atoms with E-state index >= 15 is 0 Å². The van der Waals surface area contributed by atoms with Gasteiger partial charge < -0.3 is 60.2 Å². The number of nitrogens with two attached hydrogens (primary N) is 7. The highest BCUT2D eigenvalue weighted by atomic mass is 31.0. The zero-order valence-corrected chi connectivity index (χ0v) is 26.8. The van der Waals surface area contributed by atoms with Gasteiger partial charge >= 0.3 is 23.4 Å². The van der Waals surface area contributed by atoms with Gasteiger partial charge in [0.1, 0.15) is 0 Å². The highest BCUT2D eigenvalue weighted by molar-refractivity contribution is 7.18. The van der Waals surface area contributed by atoms with Crippen LogP contribution in [-0.4, -0.2) is 31.4 Å². The van der Waals surface area contributed by atoms with Crippen molar-refractivity contribution in [3.8, 4) is 0 Å². The van der Waals surface area contributed by atoms with Crippen molar-refractivity contribution < 1.29 is 9.59 Å². The number of carbonyl (C=O) groups is 2. The number of urea groups is 2. The molecule has 0 aliphatic carbocycles. The Morgan fingerprint density at radius 2 is 0.865 bits per heavy atom. The molecule has 16 nitrogen and oxygen atoms in total. The maximum Gasteiger partial charge on any atom is 0.329 e. The number of aromatic nitrogens is 4. The number of hydrogen-bond acceptors (Lipinski definition) is 8. The SMILES string of the molecule is C.C.C.C.C.C.NC(N)=O.NC(N)=O.Nc1ccccc1N.Nc1ccccc1NP.O=c1[nH]c2ccccc2[nH]1.O=c1[nH]c2ccccc2n1P. The fraction of sp³-hybridized carbons (Fsp3) is 0.176. The van der Waals surface area contributed by atoms with Crippen LogP contribution in [0.15, 0.2) is 107 Å². The van der Waals surface area contributed by atoms with Crippen LogP contribution >= 0.6 is 18.8 Å². The molecule has 0 saturated heterocycles. The van der Waals surface area contributed by atoms with Crippen molar-refractivity contribution in [1.29, 1.82) is 0 Å². The number of carbonyl (C=O) groups excluding carboxylic acids is 2. The van der Waals surface area contributed by atoms with Crippen molar-refractivity contribution in [2.75, 3.05) is 22.3 Å². The maximum atomic E-state index is 11.0. The van der Waals surface area contributed by atoms with Gasteiger partial charge in [-0.2, -0.15) is 0 Å². The largest absolute Gasteiger partial charge is 0.397 e. The van der Waals surface area contributed by atoms with Crippen LogP contribution in [0.4, 0.5) is 32.3 Å². The number of nitrogen functional groups attached to an aromatic ring is 3. The third-order valence-electron chi connectivity index (χ3n) is 5.16. The number of nitrogens with one attached hydrogen (secondary N) is 4. The number of H-pyrrole nitrogens is 3. The van der Waals surface area contributed by atoms with E-state index in [-0.39, 0.29) is 55.9 Å². The molecule has 292 valence electrons. The quantitative estimate of drug-likeness (QED) is 0.0694. The van der Waals surface area contributed by atoms with Crippen molar-refractivity contribution in [2.45, 2.75) is 44.6 Å². The summed E-state index contributed by atoms with van der Waals surface area (Å²) in [5, 5.41) is 2.89. The van der Waals surface area contributed by atoms with E-state index < -0.39 is 12.1 Å². The number of hydrogen-bond donors (Lipinski definition) is 11. The molecule has 2 aromatic heterocycles. The van der Waals surface area contributed by atoms with E-state index in [2.05, 4.69) is 61.8 Å². The molecule has 0 bridgehead atoms. The number of para-hydroxylation sites is 8.